The van der Waals surface area contributed by atoms with Crippen molar-refractivity contribution >= 4 is 28.6 Å². The number of nitrogens with one attached hydrogen (secondary N) is 2. The summed E-state index contributed by atoms with van der Waals surface area (Å²) < 4.78 is 32.7. The smallest absolute Gasteiger partial charge is 0.237 e. The number of hydrogen-bond acceptors (Lipinski definition) is 6. The molecule has 2 N–H and O–H groups in total. The molecular formula is C24H28ClN2O5S-. The summed E-state index contributed by atoms with van der Waals surface area (Å²) in [5, 5.41) is 6.26. The van der Waals surface area contributed by atoms with Crippen LogP contribution in [-0.2, 0) is 22.3 Å². The molecule has 2 unspecified atom stereocenters. The number of carbonyl (C=O) groups is 1. The Morgan fingerprint density at radius 3 is 2.55 bits per heavy atom. The highest BCUT2D eigenvalue weighted by molar-refractivity contribution is 7.79. The van der Waals surface area contributed by atoms with Crippen molar-refractivity contribution < 1.29 is 23.0 Å². The van der Waals surface area contributed by atoms with Crippen molar-refractivity contribution in [3.8, 4) is 23.3 Å². The van der Waals surface area contributed by atoms with Gasteiger partial charge in [-0.2, -0.15) is 0 Å². The molecule has 0 aromatic heterocycles. The first-order chi connectivity index (χ1) is 15.8. The Kier molecular flexibility index (Phi) is 11.2. The predicted molar refractivity (Wildman–Crippen MR) is 129 cm³/mol. The quantitative estimate of drug-likeness (QED) is 0.370. The average molecular weight is 492 g/mol. The second-order valence-corrected chi connectivity index (χ2v) is 8.83. The van der Waals surface area contributed by atoms with Crippen LogP contribution in [0.2, 0.25) is 5.02 Å². The second kappa shape index (κ2) is 13.9. The zero-order valence-corrected chi connectivity index (χ0v) is 20.4. The molecule has 0 heterocycles. The van der Waals surface area contributed by atoms with Crippen LogP contribution in [0.3, 0.4) is 0 Å². The van der Waals surface area contributed by atoms with Crippen LogP contribution in [0, 0.1) is 17.8 Å². The monoisotopic (exact) mass is 491 g/mol. The molecule has 0 spiro atoms. The van der Waals surface area contributed by atoms with Gasteiger partial charge in [-0.25, -0.2) is 0 Å². The number of benzene rings is 2. The van der Waals surface area contributed by atoms with Crippen LogP contribution in [0.15, 0.2) is 42.5 Å². The van der Waals surface area contributed by atoms with E-state index in [1.807, 2.05) is 44.2 Å². The van der Waals surface area contributed by atoms with Crippen LogP contribution in [0.5, 0.6) is 11.5 Å². The van der Waals surface area contributed by atoms with Crippen molar-refractivity contribution in [1.29, 1.82) is 0 Å². The topological polar surface area (TPSA) is 99.7 Å². The molecule has 2 atom stereocenters. The fourth-order valence-electron chi connectivity index (χ4n) is 3.00. The molecule has 1 amide bonds. The van der Waals surface area contributed by atoms with Crippen molar-refractivity contribution in [2.45, 2.75) is 26.3 Å². The molecule has 0 bridgehead atoms. The van der Waals surface area contributed by atoms with Gasteiger partial charge < -0.3 is 19.3 Å². The lowest BCUT2D eigenvalue weighted by Crippen LogP contribution is -2.48. The van der Waals surface area contributed by atoms with Crippen molar-refractivity contribution in [1.82, 2.24) is 10.6 Å². The molecule has 178 valence electrons. The fourth-order valence-corrected chi connectivity index (χ4v) is 3.44. The van der Waals surface area contributed by atoms with E-state index in [1.165, 1.54) is 0 Å². The summed E-state index contributed by atoms with van der Waals surface area (Å²) in [6.07, 6.45) is 0.580. The van der Waals surface area contributed by atoms with E-state index in [4.69, 9.17) is 21.1 Å². The average Bonchev–Trinajstić information content (AvgIpc) is 2.78. The van der Waals surface area contributed by atoms with E-state index in [0.717, 1.165) is 11.1 Å². The second-order valence-electron chi connectivity index (χ2n) is 7.50. The number of hydrogen-bond donors (Lipinski definition) is 2. The summed E-state index contributed by atoms with van der Waals surface area (Å²) >= 11 is 3.61. The molecule has 0 radical (unpaired) electrons. The molecule has 2 aromatic rings. The minimum absolute atomic E-state index is 0.0483. The molecule has 2 aromatic carbocycles. The molecule has 0 aliphatic heterocycles. The third kappa shape index (κ3) is 9.44. The lowest BCUT2D eigenvalue weighted by Gasteiger charge is -2.22. The predicted octanol–water partition coefficient (Wildman–Crippen LogP) is 2.89. The van der Waals surface area contributed by atoms with Crippen LogP contribution < -0.4 is 20.1 Å². The summed E-state index contributed by atoms with van der Waals surface area (Å²) in [4.78, 5) is 12.4. The maximum atomic E-state index is 12.4. The number of amides is 1. The maximum Gasteiger partial charge on any atom is 0.237 e. The first-order valence-corrected chi connectivity index (χ1v) is 12.0. The van der Waals surface area contributed by atoms with Gasteiger partial charge in [0, 0.05) is 17.1 Å². The summed E-state index contributed by atoms with van der Waals surface area (Å²) in [7, 11) is 1.56. The van der Waals surface area contributed by atoms with E-state index >= 15 is 0 Å². The number of rotatable bonds is 11. The number of ether oxygens (including phenoxy) is 2. The third-order valence-corrected chi connectivity index (χ3v) is 5.34. The SMILES string of the molecule is COc1cc(CCNC(=O)C(NCS(=O)[O-])C(C)C)ccc1OCC#Cc1ccc(Cl)cc1. The van der Waals surface area contributed by atoms with Crippen LogP contribution in [0.1, 0.15) is 25.0 Å². The zero-order chi connectivity index (χ0) is 24.2. The molecule has 2 rings (SSSR count). The van der Waals surface area contributed by atoms with Gasteiger partial charge in [0.05, 0.1) is 19.0 Å². The standard InChI is InChI=1S/C24H29ClN2O5S/c1-17(2)23(27-16-33(29)30)24(28)26-13-12-19-8-11-21(22(15-19)31-3)32-14-4-5-18-6-9-20(25)10-7-18/h6-11,15,17,23,27H,12-14,16H2,1-3H3,(H,26,28)(H,29,30)/p-1. The Hall–Kier alpha value is -2.57. The van der Waals surface area contributed by atoms with E-state index in [9.17, 15) is 13.6 Å². The van der Waals surface area contributed by atoms with Crippen molar-refractivity contribution in [2.24, 2.45) is 5.92 Å². The molecule has 9 heteroatoms. The summed E-state index contributed by atoms with van der Waals surface area (Å²) in [5.74, 6) is 6.57. The van der Waals surface area contributed by atoms with E-state index in [-0.39, 0.29) is 24.3 Å². The molecule has 0 fully saturated rings. The van der Waals surface area contributed by atoms with Crippen molar-refractivity contribution in [3.63, 3.8) is 0 Å². The first kappa shape index (κ1) is 26.7. The Morgan fingerprint density at radius 1 is 1.18 bits per heavy atom. The molecule has 0 saturated carbocycles. The number of methoxy groups -OCH3 is 1. The Bertz CT molecular complexity index is 1000. The first-order valence-electron chi connectivity index (χ1n) is 10.4. The van der Waals surface area contributed by atoms with E-state index in [1.54, 1.807) is 19.2 Å². The van der Waals surface area contributed by atoms with E-state index < -0.39 is 17.1 Å². The van der Waals surface area contributed by atoms with Crippen molar-refractivity contribution in [2.75, 3.05) is 26.1 Å². The van der Waals surface area contributed by atoms with Crippen LogP contribution in [-0.4, -0.2) is 46.8 Å². The molecule has 33 heavy (non-hydrogen) atoms. The molecular weight excluding hydrogens is 464 g/mol. The van der Waals surface area contributed by atoms with Crippen LogP contribution in [0.4, 0.5) is 0 Å². The van der Waals surface area contributed by atoms with Crippen LogP contribution in [0.25, 0.3) is 0 Å². The molecule has 7 nitrogen and oxygen atoms in total. The highest BCUT2D eigenvalue weighted by Crippen LogP contribution is 2.28. The zero-order valence-electron chi connectivity index (χ0n) is 18.9. The number of carbonyl (C=O) groups excluding carboxylic acids is 1. The molecule has 0 saturated heterocycles. The van der Waals surface area contributed by atoms with E-state index in [2.05, 4.69) is 22.5 Å². The summed E-state index contributed by atoms with van der Waals surface area (Å²) in [6, 6.07) is 12.2. The maximum absolute atomic E-state index is 12.4. The lowest BCUT2D eigenvalue weighted by molar-refractivity contribution is -0.124. The van der Waals surface area contributed by atoms with Gasteiger partial charge in [-0.1, -0.05) is 43.4 Å². The van der Waals surface area contributed by atoms with Gasteiger partial charge in [0.25, 0.3) is 0 Å². The van der Waals surface area contributed by atoms with Gasteiger partial charge >= 0.3 is 0 Å². The van der Waals surface area contributed by atoms with Gasteiger partial charge in [0.2, 0.25) is 5.91 Å². The van der Waals surface area contributed by atoms with Gasteiger partial charge in [-0.15, -0.1) is 0 Å². The highest BCUT2D eigenvalue weighted by atomic mass is 35.5. The van der Waals surface area contributed by atoms with Gasteiger partial charge in [-0.3, -0.25) is 14.3 Å². The normalized spacial score (nSPS) is 12.4. The van der Waals surface area contributed by atoms with Gasteiger partial charge in [-0.05, 0) is 65.4 Å². The highest BCUT2D eigenvalue weighted by Gasteiger charge is 2.21. The molecule has 0 aliphatic carbocycles. The fraction of sp³-hybridized carbons (Fsp3) is 0.375. The van der Waals surface area contributed by atoms with Crippen LogP contribution >= 0.6 is 11.6 Å². The lowest BCUT2D eigenvalue weighted by atomic mass is 10.0. The largest absolute Gasteiger partial charge is 0.771 e. The van der Waals surface area contributed by atoms with E-state index in [0.29, 0.717) is 29.5 Å². The van der Waals surface area contributed by atoms with Gasteiger partial charge in [0.1, 0.15) is 6.61 Å². The Morgan fingerprint density at radius 2 is 1.91 bits per heavy atom. The number of halogens is 1. The third-order valence-electron chi connectivity index (χ3n) is 4.69. The minimum atomic E-state index is -2.25. The summed E-state index contributed by atoms with van der Waals surface area (Å²) in [6.45, 7) is 4.31. The minimum Gasteiger partial charge on any atom is -0.771 e. The Balaban J connectivity index is 1.87. The Labute approximate surface area is 202 Å². The van der Waals surface area contributed by atoms with Gasteiger partial charge in [0.15, 0.2) is 11.5 Å². The van der Waals surface area contributed by atoms with Crippen molar-refractivity contribution in [3.05, 3.63) is 58.6 Å². The molecule has 0 aliphatic rings. The summed E-state index contributed by atoms with van der Waals surface area (Å²) in [5.41, 5.74) is 1.81.